The molecule has 0 heterocycles. The molecule has 2 rings (SSSR count). The van der Waals surface area contributed by atoms with E-state index in [1.54, 1.807) is 19.1 Å². The Morgan fingerprint density at radius 2 is 2.28 bits per heavy atom. The number of benzene rings is 1. The van der Waals surface area contributed by atoms with Crippen molar-refractivity contribution < 1.29 is 13.9 Å². The van der Waals surface area contributed by atoms with Crippen molar-refractivity contribution in [2.75, 3.05) is 13.7 Å². The number of halogens is 1. The second-order valence-corrected chi connectivity index (χ2v) is 4.82. The Kier molecular flexibility index (Phi) is 3.97. The summed E-state index contributed by atoms with van der Waals surface area (Å²) < 4.78 is 18.3. The summed E-state index contributed by atoms with van der Waals surface area (Å²) in [6.45, 7) is 2.47. The van der Waals surface area contributed by atoms with Crippen LogP contribution < -0.4 is 5.32 Å². The van der Waals surface area contributed by atoms with E-state index in [0.29, 0.717) is 17.0 Å². The van der Waals surface area contributed by atoms with Crippen LogP contribution in [-0.4, -0.2) is 19.6 Å². The largest absolute Gasteiger partial charge is 0.468 e. The van der Waals surface area contributed by atoms with Gasteiger partial charge in [-0.3, -0.25) is 0 Å². The van der Waals surface area contributed by atoms with Crippen molar-refractivity contribution in [2.45, 2.75) is 25.8 Å². The van der Waals surface area contributed by atoms with E-state index in [-0.39, 0.29) is 11.8 Å². The van der Waals surface area contributed by atoms with Crippen molar-refractivity contribution in [2.24, 2.45) is 5.92 Å². The summed E-state index contributed by atoms with van der Waals surface area (Å²) in [5.74, 6) is -0.0269. The fraction of sp³-hybridized carbons (Fsp3) is 0.500. The molecule has 0 aromatic heterocycles. The van der Waals surface area contributed by atoms with E-state index < -0.39 is 6.04 Å². The number of methoxy groups -OCH3 is 1. The third-order valence-electron chi connectivity index (χ3n) is 3.27. The van der Waals surface area contributed by atoms with Gasteiger partial charge in [0.05, 0.1) is 7.11 Å². The monoisotopic (exact) mass is 251 g/mol. The maximum Gasteiger partial charge on any atom is 0.327 e. The number of carbonyl (C=O) groups excluding carboxylic acids is 1. The fourth-order valence-corrected chi connectivity index (χ4v) is 1.85. The zero-order valence-electron chi connectivity index (χ0n) is 10.7. The normalized spacial score (nSPS) is 16.4. The van der Waals surface area contributed by atoms with Gasteiger partial charge in [-0.2, -0.15) is 0 Å². The van der Waals surface area contributed by atoms with Gasteiger partial charge in [0.2, 0.25) is 0 Å². The third-order valence-corrected chi connectivity index (χ3v) is 3.27. The molecule has 98 valence electrons. The van der Waals surface area contributed by atoms with Crippen LogP contribution in [0, 0.1) is 18.7 Å². The Hall–Kier alpha value is -1.42. The molecule has 1 aliphatic rings. The molecule has 0 saturated heterocycles. The maximum atomic E-state index is 13.5. The molecule has 1 N–H and O–H groups in total. The van der Waals surface area contributed by atoms with Crippen LogP contribution >= 0.6 is 0 Å². The molecule has 1 aromatic rings. The minimum Gasteiger partial charge on any atom is -0.468 e. The third kappa shape index (κ3) is 3.07. The van der Waals surface area contributed by atoms with Gasteiger partial charge in [-0.05, 0) is 49.4 Å². The lowest BCUT2D eigenvalue weighted by Crippen LogP contribution is -2.31. The molecule has 1 aliphatic carbocycles. The Balaban J connectivity index is 2.14. The number of hydrogen-bond donors (Lipinski definition) is 1. The van der Waals surface area contributed by atoms with Gasteiger partial charge < -0.3 is 10.1 Å². The van der Waals surface area contributed by atoms with E-state index in [9.17, 15) is 9.18 Å². The van der Waals surface area contributed by atoms with Crippen LogP contribution in [0.4, 0.5) is 4.39 Å². The van der Waals surface area contributed by atoms with Gasteiger partial charge in [-0.1, -0.05) is 12.1 Å². The average Bonchev–Trinajstić information content (AvgIpc) is 3.17. The SMILES string of the molecule is COC(=O)C(NCC1CC1)c1ccc(C)c(F)c1. The molecule has 1 unspecified atom stereocenters. The molecule has 4 heteroatoms. The minimum atomic E-state index is -0.578. The van der Waals surface area contributed by atoms with Gasteiger partial charge in [0.1, 0.15) is 11.9 Å². The van der Waals surface area contributed by atoms with Gasteiger partial charge in [-0.25, -0.2) is 9.18 Å². The predicted molar refractivity (Wildman–Crippen MR) is 66.6 cm³/mol. The van der Waals surface area contributed by atoms with Crippen LogP contribution in [0.2, 0.25) is 0 Å². The topological polar surface area (TPSA) is 38.3 Å². The summed E-state index contributed by atoms with van der Waals surface area (Å²) in [5.41, 5.74) is 1.19. The van der Waals surface area contributed by atoms with Crippen LogP contribution in [0.5, 0.6) is 0 Å². The zero-order valence-corrected chi connectivity index (χ0v) is 10.7. The van der Waals surface area contributed by atoms with Crippen LogP contribution in [0.15, 0.2) is 18.2 Å². The van der Waals surface area contributed by atoms with E-state index in [1.165, 1.54) is 26.0 Å². The van der Waals surface area contributed by atoms with Crippen molar-refractivity contribution >= 4 is 5.97 Å². The molecular formula is C14H18FNO2. The molecule has 0 radical (unpaired) electrons. The van der Waals surface area contributed by atoms with Crippen LogP contribution in [0.25, 0.3) is 0 Å². The number of esters is 1. The highest BCUT2D eigenvalue weighted by molar-refractivity contribution is 5.77. The fourth-order valence-electron chi connectivity index (χ4n) is 1.85. The molecule has 1 fully saturated rings. The highest BCUT2D eigenvalue weighted by atomic mass is 19.1. The Morgan fingerprint density at radius 3 is 2.83 bits per heavy atom. The lowest BCUT2D eigenvalue weighted by Gasteiger charge is -2.17. The van der Waals surface area contributed by atoms with Gasteiger partial charge in [0.15, 0.2) is 0 Å². The number of carbonyl (C=O) groups is 1. The van der Waals surface area contributed by atoms with E-state index in [4.69, 9.17) is 4.74 Å². The second kappa shape index (κ2) is 5.48. The predicted octanol–water partition coefficient (Wildman–Crippen LogP) is 2.35. The van der Waals surface area contributed by atoms with Crippen LogP contribution in [0.1, 0.15) is 30.0 Å². The smallest absolute Gasteiger partial charge is 0.327 e. The van der Waals surface area contributed by atoms with E-state index in [1.807, 2.05) is 0 Å². The molecular weight excluding hydrogens is 233 g/mol. The standard InChI is InChI=1S/C14H18FNO2/c1-9-3-6-11(7-12(9)15)13(14(17)18-2)16-8-10-4-5-10/h3,6-7,10,13,16H,4-5,8H2,1-2H3. The van der Waals surface area contributed by atoms with Crippen molar-refractivity contribution in [3.8, 4) is 0 Å². The maximum absolute atomic E-state index is 13.5. The van der Waals surface area contributed by atoms with Crippen molar-refractivity contribution in [1.29, 1.82) is 0 Å². The van der Waals surface area contributed by atoms with Crippen LogP contribution in [-0.2, 0) is 9.53 Å². The average molecular weight is 251 g/mol. The Morgan fingerprint density at radius 1 is 1.56 bits per heavy atom. The van der Waals surface area contributed by atoms with Crippen molar-refractivity contribution in [1.82, 2.24) is 5.32 Å². The second-order valence-electron chi connectivity index (χ2n) is 4.82. The highest BCUT2D eigenvalue weighted by Gasteiger charge is 2.26. The number of nitrogens with one attached hydrogen (secondary N) is 1. The van der Waals surface area contributed by atoms with Gasteiger partial charge in [-0.15, -0.1) is 0 Å². The summed E-state index contributed by atoms with van der Waals surface area (Å²) >= 11 is 0. The zero-order chi connectivity index (χ0) is 13.1. The number of rotatable bonds is 5. The summed E-state index contributed by atoms with van der Waals surface area (Å²) in [6.07, 6.45) is 2.40. The molecule has 18 heavy (non-hydrogen) atoms. The summed E-state index contributed by atoms with van der Waals surface area (Å²) in [5, 5.41) is 3.15. The van der Waals surface area contributed by atoms with E-state index in [2.05, 4.69) is 5.32 Å². The molecule has 3 nitrogen and oxygen atoms in total. The first-order chi connectivity index (χ1) is 8.61. The van der Waals surface area contributed by atoms with Crippen LogP contribution in [0.3, 0.4) is 0 Å². The minimum absolute atomic E-state index is 0.297. The van der Waals surface area contributed by atoms with Gasteiger partial charge in [0.25, 0.3) is 0 Å². The van der Waals surface area contributed by atoms with Crippen molar-refractivity contribution in [3.05, 3.63) is 35.1 Å². The molecule has 1 aromatic carbocycles. The quantitative estimate of drug-likeness (QED) is 0.816. The molecule has 1 saturated carbocycles. The summed E-state index contributed by atoms with van der Waals surface area (Å²) in [4.78, 5) is 11.7. The molecule has 0 bridgehead atoms. The molecule has 0 spiro atoms. The molecule has 0 amide bonds. The first-order valence-corrected chi connectivity index (χ1v) is 6.19. The Bertz CT molecular complexity index is 443. The highest BCUT2D eigenvalue weighted by Crippen LogP contribution is 2.29. The summed E-state index contributed by atoms with van der Waals surface area (Å²) in [6, 6.07) is 4.27. The number of ether oxygens (including phenoxy) is 1. The number of hydrogen-bond acceptors (Lipinski definition) is 3. The lowest BCUT2D eigenvalue weighted by molar-refractivity contribution is -0.143. The van der Waals surface area contributed by atoms with Gasteiger partial charge in [0, 0.05) is 0 Å². The first kappa shape index (κ1) is 13.0. The van der Waals surface area contributed by atoms with Gasteiger partial charge >= 0.3 is 5.97 Å². The first-order valence-electron chi connectivity index (χ1n) is 6.19. The van der Waals surface area contributed by atoms with E-state index in [0.717, 1.165) is 6.54 Å². The van der Waals surface area contributed by atoms with Crippen molar-refractivity contribution in [3.63, 3.8) is 0 Å². The van der Waals surface area contributed by atoms with E-state index >= 15 is 0 Å². The number of aryl methyl sites for hydroxylation is 1. The molecule has 0 aliphatic heterocycles. The summed E-state index contributed by atoms with van der Waals surface area (Å²) in [7, 11) is 1.35. The molecule has 1 atom stereocenters. The Labute approximate surface area is 106 Å². The lowest BCUT2D eigenvalue weighted by atomic mass is 10.0.